The molecular formula is C15H12ClF. The lowest BCUT2D eigenvalue weighted by Crippen LogP contribution is -2.07. The normalized spacial score (nSPS) is 19.6. The molecule has 17 heavy (non-hydrogen) atoms. The molecule has 0 radical (unpaired) electrons. The standard InChI is InChI=1S/C15H12ClF/c1-3-11-5-7-12(8-6-11)13-9-4-10(2)14(16)15(13)17/h3-9,14H,1-2H2. The van der Waals surface area contributed by atoms with Gasteiger partial charge in [-0.25, -0.2) is 4.39 Å². The van der Waals surface area contributed by atoms with Gasteiger partial charge >= 0.3 is 0 Å². The molecular weight excluding hydrogens is 235 g/mol. The van der Waals surface area contributed by atoms with Gasteiger partial charge in [-0.05, 0) is 16.7 Å². The molecule has 0 spiro atoms. The maximum atomic E-state index is 14.0. The van der Waals surface area contributed by atoms with Crippen molar-refractivity contribution in [2.75, 3.05) is 0 Å². The van der Waals surface area contributed by atoms with E-state index in [0.717, 1.165) is 11.1 Å². The Morgan fingerprint density at radius 1 is 1.18 bits per heavy atom. The van der Waals surface area contributed by atoms with Crippen molar-refractivity contribution < 1.29 is 4.39 Å². The Labute approximate surface area is 105 Å². The van der Waals surface area contributed by atoms with Crippen LogP contribution in [0.25, 0.3) is 11.6 Å². The highest BCUT2D eigenvalue weighted by molar-refractivity contribution is 6.25. The Balaban J connectivity index is 2.43. The van der Waals surface area contributed by atoms with Gasteiger partial charge in [0.15, 0.2) is 0 Å². The molecule has 1 atom stereocenters. The summed E-state index contributed by atoms with van der Waals surface area (Å²) in [6.45, 7) is 7.37. The summed E-state index contributed by atoms with van der Waals surface area (Å²) in [5, 5.41) is -0.755. The lowest BCUT2D eigenvalue weighted by atomic mass is 9.95. The summed E-state index contributed by atoms with van der Waals surface area (Å²) in [4.78, 5) is 0. The van der Waals surface area contributed by atoms with E-state index in [0.29, 0.717) is 11.1 Å². The summed E-state index contributed by atoms with van der Waals surface area (Å²) in [7, 11) is 0. The number of hydrogen-bond acceptors (Lipinski definition) is 0. The first kappa shape index (κ1) is 11.9. The molecule has 0 fully saturated rings. The molecule has 0 nitrogen and oxygen atoms in total. The van der Waals surface area contributed by atoms with Crippen molar-refractivity contribution in [1.29, 1.82) is 0 Å². The van der Waals surface area contributed by atoms with Crippen LogP contribution in [-0.4, -0.2) is 5.38 Å². The summed E-state index contributed by atoms with van der Waals surface area (Å²) in [5.74, 6) is -0.342. The third-order valence-electron chi connectivity index (χ3n) is 2.73. The summed E-state index contributed by atoms with van der Waals surface area (Å²) >= 11 is 5.92. The smallest absolute Gasteiger partial charge is 0.130 e. The maximum absolute atomic E-state index is 14.0. The van der Waals surface area contributed by atoms with E-state index in [9.17, 15) is 4.39 Å². The van der Waals surface area contributed by atoms with Crippen LogP contribution < -0.4 is 0 Å². The average Bonchev–Trinajstić information content (AvgIpc) is 2.36. The van der Waals surface area contributed by atoms with Crippen molar-refractivity contribution in [1.82, 2.24) is 0 Å². The van der Waals surface area contributed by atoms with Gasteiger partial charge in [0.25, 0.3) is 0 Å². The molecule has 86 valence electrons. The predicted octanol–water partition coefficient (Wildman–Crippen LogP) is 4.74. The lowest BCUT2D eigenvalue weighted by Gasteiger charge is -2.16. The van der Waals surface area contributed by atoms with Crippen molar-refractivity contribution >= 4 is 23.3 Å². The van der Waals surface area contributed by atoms with Gasteiger partial charge in [-0.15, -0.1) is 11.6 Å². The zero-order valence-electron chi connectivity index (χ0n) is 9.29. The molecule has 0 aliphatic heterocycles. The number of alkyl halides is 1. The molecule has 0 saturated carbocycles. The van der Waals surface area contributed by atoms with Gasteiger partial charge in [-0.2, -0.15) is 0 Å². The van der Waals surface area contributed by atoms with Gasteiger partial charge in [-0.3, -0.25) is 0 Å². The van der Waals surface area contributed by atoms with Gasteiger partial charge in [0, 0.05) is 5.57 Å². The van der Waals surface area contributed by atoms with Crippen molar-refractivity contribution in [2.45, 2.75) is 5.38 Å². The second kappa shape index (κ2) is 4.72. The van der Waals surface area contributed by atoms with Crippen LogP contribution in [0.15, 0.2) is 61.0 Å². The highest BCUT2D eigenvalue weighted by Gasteiger charge is 2.21. The van der Waals surface area contributed by atoms with Crippen LogP contribution in [0.5, 0.6) is 0 Å². The van der Waals surface area contributed by atoms with Crippen LogP contribution in [0.3, 0.4) is 0 Å². The average molecular weight is 247 g/mol. The van der Waals surface area contributed by atoms with Crippen LogP contribution >= 0.6 is 11.6 Å². The van der Waals surface area contributed by atoms with E-state index >= 15 is 0 Å². The minimum Gasteiger partial charge on any atom is -0.209 e. The fraction of sp³-hybridized carbons (Fsp3) is 0.0667. The third-order valence-corrected chi connectivity index (χ3v) is 3.20. The summed E-state index contributed by atoms with van der Waals surface area (Å²) < 4.78 is 14.0. The zero-order chi connectivity index (χ0) is 12.4. The summed E-state index contributed by atoms with van der Waals surface area (Å²) in [6, 6.07) is 7.49. The fourth-order valence-corrected chi connectivity index (χ4v) is 1.88. The third kappa shape index (κ3) is 2.25. The molecule has 1 aliphatic carbocycles. The number of hydrogen-bond donors (Lipinski definition) is 0. The molecule has 1 aliphatic rings. The van der Waals surface area contributed by atoms with Gasteiger partial charge in [-0.1, -0.05) is 55.7 Å². The van der Waals surface area contributed by atoms with Crippen LogP contribution in [0, 0.1) is 0 Å². The molecule has 0 bridgehead atoms. The number of benzene rings is 1. The minimum atomic E-state index is -0.755. The van der Waals surface area contributed by atoms with Crippen molar-refractivity contribution in [3.8, 4) is 0 Å². The molecule has 0 amide bonds. The number of halogens is 2. The molecule has 1 aromatic rings. The minimum absolute atomic E-state index is 0.342. The topological polar surface area (TPSA) is 0 Å². The number of rotatable bonds is 2. The first-order chi connectivity index (χ1) is 8.13. The molecule has 0 saturated heterocycles. The maximum Gasteiger partial charge on any atom is 0.130 e. The largest absolute Gasteiger partial charge is 0.209 e. The van der Waals surface area contributed by atoms with E-state index in [4.69, 9.17) is 11.6 Å². The van der Waals surface area contributed by atoms with E-state index < -0.39 is 5.38 Å². The Morgan fingerprint density at radius 2 is 1.82 bits per heavy atom. The van der Waals surface area contributed by atoms with Crippen LogP contribution in [0.2, 0.25) is 0 Å². The Hall–Kier alpha value is -1.60. The second-order valence-corrected chi connectivity index (χ2v) is 4.29. The Morgan fingerprint density at radius 3 is 2.41 bits per heavy atom. The van der Waals surface area contributed by atoms with E-state index in [1.807, 2.05) is 24.3 Å². The highest BCUT2D eigenvalue weighted by atomic mass is 35.5. The fourth-order valence-electron chi connectivity index (χ4n) is 1.69. The number of allylic oxidation sites excluding steroid dienone is 5. The van der Waals surface area contributed by atoms with Crippen molar-refractivity contribution in [3.05, 3.63) is 72.1 Å². The van der Waals surface area contributed by atoms with Gasteiger partial charge < -0.3 is 0 Å². The molecule has 1 unspecified atom stereocenters. The molecule has 2 rings (SSSR count). The highest BCUT2D eigenvalue weighted by Crippen LogP contribution is 2.33. The molecule has 1 aromatic carbocycles. The molecule has 0 heterocycles. The van der Waals surface area contributed by atoms with Crippen molar-refractivity contribution in [3.63, 3.8) is 0 Å². The monoisotopic (exact) mass is 246 g/mol. The Bertz CT molecular complexity index is 520. The first-order valence-corrected chi connectivity index (χ1v) is 5.70. The molecule has 2 heteroatoms. The van der Waals surface area contributed by atoms with Crippen LogP contribution in [0.1, 0.15) is 11.1 Å². The quantitative estimate of drug-likeness (QED) is 0.661. The van der Waals surface area contributed by atoms with Gasteiger partial charge in [0.2, 0.25) is 0 Å². The van der Waals surface area contributed by atoms with Crippen molar-refractivity contribution in [2.24, 2.45) is 0 Å². The van der Waals surface area contributed by atoms with E-state index in [-0.39, 0.29) is 5.83 Å². The Kier molecular flexibility index (Phi) is 3.30. The SMILES string of the molecule is C=Cc1ccc(C2=C(F)C(Cl)C(=C)C=C2)cc1. The van der Waals surface area contributed by atoms with E-state index in [2.05, 4.69) is 13.2 Å². The zero-order valence-corrected chi connectivity index (χ0v) is 10.0. The second-order valence-electron chi connectivity index (χ2n) is 3.86. The first-order valence-electron chi connectivity index (χ1n) is 5.27. The lowest BCUT2D eigenvalue weighted by molar-refractivity contribution is 0.619. The van der Waals surface area contributed by atoms with E-state index in [1.54, 1.807) is 18.2 Å². The van der Waals surface area contributed by atoms with Crippen LogP contribution in [-0.2, 0) is 0 Å². The molecule has 0 N–H and O–H groups in total. The van der Waals surface area contributed by atoms with Crippen LogP contribution in [0.4, 0.5) is 4.39 Å². The predicted molar refractivity (Wildman–Crippen MR) is 72.5 cm³/mol. The van der Waals surface area contributed by atoms with Gasteiger partial charge in [0.05, 0.1) is 0 Å². The molecule has 0 aromatic heterocycles. The van der Waals surface area contributed by atoms with E-state index in [1.165, 1.54) is 0 Å². The summed E-state index contributed by atoms with van der Waals surface area (Å²) in [6.07, 6.45) is 5.20. The van der Waals surface area contributed by atoms with Gasteiger partial charge in [0.1, 0.15) is 11.2 Å². The summed E-state index contributed by atoms with van der Waals surface area (Å²) in [5.41, 5.74) is 2.91.